The number of aliphatic carboxylic acids is 1. The normalized spacial score (nSPS) is 15.1. The van der Waals surface area contributed by atoms with E-state index in [0.717, 1.165) is 23.1 Å². The number of anilines is 1. The first-order valence-corrected chi connectivity index (χ1v) is 14.4. The molecule has 3 aromatic rings. The fourth-order valence-corrected chi connectivity index (χ4v) is 6.27. The number of ether oxygens (including phenoxy) is 3. The van der Waals surface area contributed by atoms with Crippen molar-refractivity contribution in [1.82, 2.24) is 0 Å². The molecule has 222 valence electrons. The third kappa shape index (κ3) is 5.34. The molecule has 0 radical (unpaired) electrons. The second-order valence-corrected chi connectivity index (χ2v) is 12.2. The van der Waals surface area contributed by atoms with Crippen LogP contribution in [0, 0.1) is 19.7 Å². The Morgan fingerprint density at radius 3 is 2.50 bits per heavy atom. The molecule has 5 rings (SSSR count). The molecule has 0 aromatic heterocycles. The van der Waals surface area contributed by atoms with Gasteiger partial charge in [0.15, 0.2) is 17.7 Å². The zero-order chi connectivity index (χ0) is 30.5. The molecular formula is C33H35ClFNO6. The van der Waals surface area contributed by atoms with Gasteiger partial charge in [-0.25, -0.2) is 9.18 Å². The molecule has 2 aliphatic heterocycles. The quantitative estimate of drug-likeness (QED) is 0.323. The molecule has 1 amide bonds. The first-order chi connectivity index (χ1) is 19.8. The van der Waals surface area contributed by atoms with Crippen molar-refractivity contribution < 1.29 is 33.3 Å². The fourth-order valence-electron chi connectivity index (χ4n) is 6.01. The number of carboxylic acid groups (broad SMARTS) is 1. The standard InChI is InChI=1S/C33H35ClFNO6/c1-17-14-25-21(11-12-36(25)31(37)19-9-10-26(40-6)23(34)15-19)28(27(17)30(32(38)39)42-33(3,4)5)22-16-24(35)29-20(18(22)2)8-7-13-41-29/h9-10,14-16,30H,7-8,11-13H2,1-6H3,(H,38,39)/t30-/m0/s1. The summed E-state index contributed by atoms with van der Waals surface area (Å²) in [4.78, 5) is 28.2. The van der Waals surface area contributed by atoms with Crippen molar-refractivity contribution in [3.8, 4) is 22.6 Å². The van der Waals surface area contributed by atoms with Gasteiger partial charge in [0, 0.05) is 28.9 Å². The topological polar surface area (TPSA) is 85.3 Å². The summed E-state index contributed by atoms with van der Waals surface area (Å²) in [6.07, 6.45) is 0.543. The van der Waals surface area contributed by atoms with Gasteiger partial charge in [-0.15, -0.1) is 0 Å². The molecule has 0 saturated carbocycles. The summed E-state index contributed by atoms with van der Waals surface area (Å²) in [5, 5.41) is 10.7. The lowest BCUT2D eigenvalue weighted by molar-refractivity contribution is -0.160. The van der Waals surface area contributed by atoms with Crippen LogP contribution in [0.25, 0.3) is 11.1 Å². The molecule has 0 bridgehead atoms. The molecule has 42 heavy (non-hydrogen) atoms. The Morgan fingerprint density at radius 2 is 1.86 bits per heavy atom. The minimum absolute atomic E-state index is 0.251. The Labute approximate surface area is 250 Å². The summed E-state index contributed by atoms with van der Waals surface area (Å²) in [5.74, 6) is -1.17. The van der Waals surface area contributed by atoms with E-state index in [-0.39, 0.29) is 11.7 Å². The van der Waals surface area contributed by atoms with E-state index in [9.17, 15) is 14.7 Å². The molecular weight excluding hydrogens is 561 g/mol. The van der Waals surface area contributed by atoms with Gasteiger partial charge in [0.25, 0.3) is 5.91 Å². The van der Waals surface area contributed by atoms with Gasteiger partial charge in [-0.3, -0.25) is 4.79 Å². The summed E-state index contributed by atoms with van der Waals surface area (Å²) >= 11 is 6.33. The van der Waals surface area contributed by atoms with Crippen LogP contribution < -0.4 is 14.4 Å². The Bertz CT molecular complexity index is 1590. The molecule has 2 heterocycles. The maximum atomic E-state index is 15.6. The van der Waals surface area contributed by atoms with E-state index in [4.69, 9.17) is 25.8 Å². The predicted molar refractivity (Wildman–Crippen MR) is 160 cm³/mol. The van der Waals surface area contributed by atoms with Crippen molar-refractivity contribution in [2.45, 2.75) is 65.6 Å². The SMILES string of the molecule is COc1ccc(C(=O)N2CCc3c2cc(C)c([C@H](OC(C)(C)C)C(=O)O)c3-c2cc(F)c3c(c2C)CCCO3)cc1Cl. The van der Waals surface area contributed by atoms with Crippen molar-refractivity contribution in [3.05, 3.63) is 74.6 Å². The third-order valence-electron chi connectivity index (χ3n) is 7.84. The van der Waals surface area contributed by atoms with Crippen LogP contribution in [0.2, 0.25) is 5.02 Å². The van der Waals surface area contributed by atoms with Crippen LogP contribution in [-0.2, 0) is 22.4 Å². The number of carbonyl (C=O) groups excluding carboxylic acids is 1. The number of rotatable bonds is 6. The van der Waals surface area contributed by atoms with Gasteiger partial charge in [-0.2, -0.15) is 0 Å². The molecule has 3 aromatic carbocycles. The van der Waals surface area contributed by atoms with E-state index in [0.29, 0.717) is 70.3 Å². The second kappa shape index (κ2) is 11.2. The lowest BCUT2D eigenvalue weighted by Crippen LogP contribution is -2.29. The highest BCUT2D eigenvalue weighted by atomic mass is 35.5. The zero-order valence-corrected chi connectivity index (χ0v) is 25.4. The molecule has 1 atom stereocenters. The van der Waals surface area contributed by atoms with E-state index >= 15 is 4.39 Å². The Balaban J connectivity index is 1.75. The average Bonchev–Trinajstić information content (AvgIpc) is 3.35. The minimum Gasteiger partial charge on any atom is -0.495 e. The molecule has 7 nitrogen and oxygen atoms in total. The van der Waals surface area contributed by atoms with Crippen molar-refractivity contribution in [3.63, 3.8) is 0 Å². The van der Waals surface area contributed by atoms with Gasteiger partial charge in [-0.05, 0) is 112 Å². The molecule has 0 spiro atoms. The van der Waals surface area contributed by atoms with Gasteiger partial charge in [0.05, 0.1) is 24.3 Å². The van der Waals surface area contributed by atoms with Crippen molar-refractivity contribution >= 4 is 29.2 Å². The molecule has 0 fully saturated rings. The first kappa shape index (κ1) is 29.9. The second-order valence-electron chi connectivity index (χ2n) is 11.8. The Hall–Kier alpha value is -3.62. The summed E-state index contributed by atoms with van der Waals surface area (Å²) in [6.45, 7) is 9.92. The number of carbonyl (C=O) groups is 2. The number of benzene rings is 3. The van der Waals surface area contributed by atoms with Gasteiger partial charge < -0.3 is 24.2 Å². The number of amides is 1. The number of halogens is 2. The van der Waals surface area contributed by atoms with E-state index in [1.165, 1.54) is 13.2 Å². The largest absolute Gasteiger partial charge is 0.495 e. The van der Waals surface area contributed by atoms with E-state index < -0.39 is 23.5 Å². The molecule has 2 aliphatic rings. The van der Waals surface area contributed by atoms with Crippen molar-refractivity contribution in [1.29, 1.82) is 0 Å². The molecule has 0 unspecified atom stereocenters. The van der Waals surface area contributed by atoms with Crippen LogP contribution in [0.3, 0.4) is 0 Å². The highest BCUT2D eigenvalue weighted by molar-refractivity contribution is 6.32. The number of hydrogen-bond acceptors (Lipinski definition) is 5. The Kier molecular flexibility index (Phi) is 7.98. The minimum atomic E-state index is -1.31. The number of hydrogen-bond donors (Lipinski definition) is 1. The van der Waals surface area contributed by atoms with Crippen LogP contribution in [0.5, 0.6) is 11.5 Å². The first-order valence-electron chi connectivity index (χ1n) is 14.0. The van der Waals surface area contributed by atoms with E-state index in [2.05, 4.69) is 0 Å². The van der Waals surface area contributed by atoms with Gasteiger partial charge >= 0.3 is 5.97 Å². The smallest absolute Gasteiger partial charge is 0.337 e. The summed E-state index contributed by atoms with van der Waals surface area (Å²) in [7, 11) is 1.51. The van der Waals surface area contributed by atoms with Crippen molar-refractivity contribution in [2.24, 2.45) is 0 Å². The summed E-state index contributed by atoms with van der Waals surface area (Å²) in [5.41, 5.74) is 4.90. The van der Waals surface area contributed by atoms with Crippen LogP contribution in [0.15, 0.2) is 30.3 Å². The van der Waals surface area contributed by atoms with Gasteiger partial charge in [0.2, 0.25) is 0 Å². The monoisotopic (exact) mass is 595 g/mol. The third-order valence-corrected chi connectivity index (χ3v) is 8.14. The predicted octanol–water partition coefficient (Wildman–Crippen LogP) is 7.24. The van der Waals surface area contributed by atoms with Gasteiger partial charge in [-0.1, -0.05) is 11.6 Å². The lowest BCUT2D eigenvalue weighted by atomic mass is 9.83. The zero-order valence-electron chi connectivity index (χ0n) is 24.7. The number of carboxylic acids is 1. The van der Waals surface area contributed by atoms with Crippen LogP contribution in [0.4, 0.5) is 10.1 Å². The van der Waals surface area contributed by atoms with E-state index in [1.807, 2.05) is 13.0 Å². The highest BCUT2D eigenvalue weighted by Crippen LogP contribution is 2.48. The fraction of sp³-hybridized carbons (Fsp3) is 0.394. The maximum absolute atomic E-state index is 15.6. The maximum Gasteiger partial charge on any atom is 0.337 e. The van der Waals surface area contributed by atoms with E-state index in [1.54, 1.807) is 50.8 Å². The van der Waals surface area contributed by atoms with Crippen LogP contribution in [0.1, 0.15) is 71.5 Å². The molecule has 0 aliphatic carbocycles. The lowest BCUT2D eigenvalue weighted by Gasteiger charge is -2.30. The summed E-state index contributed by atoms with van der Waals surface area (Å²) in [6, 6.07) is 8.15. The number of methoxy groups -OCH3 is 1. The van der Waals surface area contributed by atoms with Gasteiger partial charge in [0.1, 0.15) is 5.75 Å². The van der Waals surface area contributed by atoms with Crippen molar-refractivity contribution in [2.75, 3.05) is 25.2 Å². The average molecular weight is 596 g/mol. The van der Waals surface area contributed by atoms with Crippen LogP contribution in [-0.4, -0.2) is 42.8 Å². The summed E-state index contributed by atoms with van der Waals surface area (Å²) < 4.78 is 32.6. The number of fused-ring (bicyclic) bond motifs is 2. The highest BCUT2D eigenvalue weighted by Gasteiger charge is 2.37. The molecule has 0 saturated heterocycles. The van der Waals surface area contributed by atoms with Crippen LogP contribution >= 0.6 is 11.6 Å². The Morgan fingerprint density at radius 1 is 1.12 bits per heavy atom. The molecule has 1 N–H and O–H groups in total. The number of nitrogens with zero attached hydrogens (tertiary/aromatic N) is 1. The number of aryl methyl sites for hydroxylation is 1. The molecule has 9 heteroatoms.